The first-order chi connectivity index (χ1) is 14.2. The van der Waals surface area contributed by atoms with E-state index >= 15 is 0 Å². The molecule has 29 heavy (non-hydrogen) atoms. The third-order valence-electron chi connectivity index (χ3n) is 5.34. The number of nitrogens with one attached hydrogen (secondary N) is 2. The zero-order valence-electron chi connectivity index (χ0n) is 16.4. The summed E-state index contributed by atoms with van der Waals surface area (Å²) in [6.07, 6.45) is 6.62. The molecule has 152 valence electrons. The van der Waals surface area contributed by atoms with Gasteiger partial charge in [0.25, 0.3) is 5.91 Å². The number of halogens is 1. The van der Waals surface area contributed by atoms with Crippen molar-refractivity contribution in [1.82, 2.24) is 4.90 Å². The summed E-state index contributed by atoms with van der Waals surface area (Å²) in [5.41, 5.74) is 2.43. The molecular formula is C23H26FN3O2. The van der Waals surface area contributed by atoms with E-state index in [0.717, 1.165) is 24.4 Å². The van der Waals surface area contributed by atoms with Gasteiger partial charge in [-0.1, -0.05) is 6.42 Å². The number of likely N-dealkylation sites (tertiary alicyclic amines) is 1. The third kappa shape index (κ3) is 4.95. The molecule has 0 unspecified atom stereocenters. The zero-order chi connectivity index (χ0) is 20.1. The number of nitrogens with zero attached hydrogens (tertiary/aromatic N) is 1. The van der Waals surface area contributed by atoms with Crippen LogP contribution in [-0.2, 0) is 4.79 Å². The highest BCUT2D eigenvalue weighted by Crippen LogP contribution is 2.32. The smallest absolute Gasteiger partial charge is 0.257 e. The number of amides is 1. The van der Waals surface area contributed by atoms with Crippen LogP contribution in [0.25, 0.3) is 5.57 Å². The lowest BCUT2D eigenvalue weighted by atomic mass is 10.1. The van der Waals surface area contributed by atoms with E-state index in [4.69, 9.17) is 4.74 Å². The maximum atomic E-state index is 13.5. The average molecular weight is 395 g/mol. The topological polar surface area (TPSA) is 53.6 Å². The van der Waals surface area contributed by atoms with Crippen LogP contribution in [0.3, 0.4) is 0 Å². The van der Waals surface area contributed by atoms with Gasteiger partial charge in [0.15, 0.2) is 0 Å². The van der Waals surface area contributed by atoms with E-state index in [1.807, 2.05) is 24.3 Å². The Morgan fingerprint density at radius 1 is 1.10 bits per heavy atom. The van der Waals surface area contributed by atoms with Crippen LogP contribution in [0.2, 0.25) is 0 Å². The van der Waals surface area contributed by atoms with Gasteiger partial charge >= 0.3 is 0 Å². The maximum absolute atomic E-state index is 13.5. The molecule has 2 aliphatic rings. The van der Waals surface area contributed by atoms with Crippen molar-refractivity contribution in [2.45, 2.75) is 25.7 Å². The van der Waals surface area contributed by atoms with E-state index in [-0.39, 0.29) is 11.7 Å². The Morgan fingerprint density at radius 2 is 1.90 bits per heavy atom. The van der Waals surface area contributed by atoms with Crippen molar-refractivity contribution in [2.24, 2.45) is 0 Å². The predicted octanol–water partition coefficient (Wildman–Crippen LogP) is 4.49. The molecule has 2 heterocycles. The lowest BCUT2D eigenvalue weighted by Crippen LogP contribution is -2.31. The molecule has 0 saturated carbocycles. The fourth-order valence-electron chi connectivity index (χ4n) is 3.77. The molecule has 5 nitrogen and oxygen atoms in total. The molecular weight excluding hydrogens is 369 g/mol. The number of carbonyl (C=O) groups excluding carboxylic acids is 1. The van der Waals surface area contributed by atoms with Crippen LogP contribution in [0.5, 0.6) is 5.75 Å². The predicted molar refractivity (Wildman–Crippen MR) is 113 cm³/mol. The second-order valence-corrected chi connectivity index (χ2v) is 7.48. The van der Waals surface area contributed by atoms with Crippen molar-refractivity contribution in [2.75, 3.05) is 36.9 Å². The van der Waals surface area contributed by atoms with E-state index in [0.29, 0.717) is 23.4 Å². The van der Waals surface area contributed by atoms with Crippen LogP contribution in [0.1, 0.15) is 31.2 Å². The summed E-state index contributed by atoms with van der Waals surface area (Å²) < 4.78 is 19.3. The molecule has 0 aliphatic carbocycles. The lowest BCUT2D eigenvalue weighted by Gasteiger charge is -2.26. The number of anilines is 2. The molecule has 0 atom stereocenters. The number of benzene rings is 2. The molecule has 1 amide bonds. The van der Waals surface area contributed by atoms with E-state index in [1.165, 1.54) is 44.5 Å². The second-order valence-electron chi connectivity index (χ2n) is 7.48. The van der Waals surface area contributed by atoms with Gasteiger partial charge in [0.05, 0.1) is 12.2 Å². The lowest BCUT2D eigenvalue weighted by molar-refractivity contribution is -0.110. The summed E-state index contributed by atoms with van der Waals surface area (Å²) in [4.78, 5) is 14.6. The van der Waals surface area contributed by atoms with Crippen molar-refractivity contribution < 1.29 is 13.9 Å². The van der Waals surface area contributed by atoms with Crippen LogP contribution in [0.15, 0.2) is 48.7 Å². The van der Waals surface area contributed by atoms with Crippen LogP contribution in [-0.4, -0.2) is 37.0 Å². The van der Waals surface area contributed by atoms with Crippen LogP contribution < -0.4 is 15.4 Å². The Morgan fingerprint density at radius 3 is 2.69 bits per heavy atom. The third-order valence-corrected chi connectivity index (χ3v) is 5.34. The van der Waals surface area contributed by atoms with Crippen LogP contribution in [0.4, 0.5) is 15.8 Å². The fourth-order valence-corrected chi connectivity index (χ4v) is 3.77. The summed E-state index contributed by atoms with van der Waals surface area (Å²) in [6.45, 7) is 4.23. The molecule has 0 aromatic heterocycles. The maximum Gasteiger partial charge on any atom is 0.257 e. The quantitative estimate of drug-likeness (QED) is 0.536. The number of fused-ring (bicyclic) bond motifs is 1. The molecule has 1 saturated heterocycles. The van der Waals surface area contributed by atoms with Crippen molar-refractivity contribution in [3.05, 3.63) is 60.0 Å². The first-order valence-corrected chi connectivity index (χ1v) is 10.2. The van der Waals surface area contributed by atoms with Crippen LogP contribution >= 0.6 is 0 Å². The van der Waals surface area contributed by atoms with Gasteiger partial charge in [-0.05, 0) is 74.8 Å². The van der Waals surface area contributed by atoms with Gasteiger partial charge in [0.2, 0.25) is 0 Å². The SMILES string of the molecule is O=C1Nc2ccc(F)cc2C1=CNc1ccc(OCCCN2CCCCC2)cc1. The molecule has 2 aromatic carbocycles. The Hall–Kier alpha value is -2.86. The first-order valence-electron chi connectivity index (χ1n) is 10.2. The molecule has 1 fully saturated rings. The number of hydrogen-bond acceptors (Lipinski definition) is 4. The fraction of sp³-hybridized carbons (Fsp3) is 0.348. The number of piperidine rings is 1. The van der Waals surface area contributed by atoms with Gasteiger partial charge < -0.3 is 20.3 Å². The summed E-state index contributed by atoms with van der Waals surface area (Å²) in [7, 11) is 0. The molecule has 0 spiro atoms. The summed E-state index contributed by atoms with van der Waals surface area (Å²) in [5, 5.41) is 5.84. The van der Waals surface area contributed by atoms with Crippen molar-refractivity contribution in [1.29, 1.82) is 0 Å². The van der Waals surface area contributed by atoms with Gasteiger partial charge in [-0.2, -0.15) is 0 Å². The highest BCUT2D eigenvalue weighted by atomic mass is 19.1. The highest BCUT2D eigenvalue weighted by Gasteiger charge is 2.24. The minimum atomic E-state index is -0.368. The van der Waals surface area contributed by atoms with Gasteiger partial charge in [-0.3, -0.25) is 4.79 Å². The van der Waals surface area contributed by atoms with E-state index in [9.17, 15) is 9.18 Å². The monoisotopic (exact) mass is 395 g/mol. The Kier molecular flexibility index (Phi) is 6.10. The standard InChI is InChI=1S/C23H26FN3O2/c24-17-5-10-22-20(15-17)21(23(28)26-22)16-25-18-6-8-19(9-7-18)29-14-4-13-27-11-2-1-3-12-27/h5-10,15-16,25H,1-4,11-14H2,(H,26,28). The molecule has 0 radical (unpaired) electrons. The highest BCUT2D eigenvalue weighted by molar-refractivity contribution is 6.31. The van der Waals surface area contributed by atoms with Crippen LogP contribution in [0, 0.1) is 5.82 Å². The number of rotatable bonds is 7. The molecule has 0 bridgehead atoms. The van der Waals surface area contributed by atoms with E-state index < -0.39 is 0 Å². The van der Waals surface area contributed by atoms with Crippen molar-refractivity contribution >= 4 is 22.9 Å². The summed E-state index contributed by atoms with van der Waals surface area (Å²) >= 11 is 0. The van der Waals surface area contributed by atoms with Gasteiger partial charge in [0.1, 0.15) is 11.6 Å². The molecule has 6 heteroatoms. The first kappa shape index (κ1) is 19.5. The Balaban J connectivity index is 1.28. The molecule has 2 aliphatic heterocycles. The number of hydrogen-bond donors (Lipinski definition) is 2. The van der Waals surface area contributed by atoms with Gasteiger partial charge in [-0.15, -0.1) is 0 Å². The normalized spacial score (nSPS) is 17.8. The van der Waals surface area contributed by atoms with E-state index in [2.05, 4.69) is 15.5 Å². The second kappa shape index (κ2) is 9.09. The Labute approximate surface area is 170 Å². The molecule has 2 N–H and O–H groups in total. The summed E-state index contributed by atoms with van der Waals surface area (Å²) in [6, 6.07) is 11.9. The van der Waals surface area contributed by atoms with Crippen molar-refractivity contribution in [3.8, 4) is 5.75 Å². The minimum absolute atomic E-state index is 0.244. The number of ether oxygens (including phenoxy) is 1. The molecule has 4 rings (SSSR count). The van der Waals surface area contributed by atoms with Crippen molar-refractivity contribution in [3.63, 3.8) is 0 Å². The Bertz CT molecular complexity index is 889. The largest absolute Gasteiger partial charge is 0.494 e. The summed E-state index contributed by atoms with van der Waals surface area (Å²) in [5.74, 6) is 0.215. The average Bonchev–Trinajstić information content (AvgIpc) is 3.05. The van der Waals surface area contributed by atoms with Gasteiger partial charge in [-0.25, -0.2) is 4.39 Å². The van der Waals surface area contributed by atoms with Gasteiger partial charge in [0, 0.05) is 29.7 Å². The molecule has 2 aromatic rings. The van der Waals surface area contributed by atoms with E-state index in [1.54, 1.807) is 12.3 Å². The number of carbonyl (C=O) groups is 1. The minimum Gasteiger partial charge on any atom is -0.494 e. The zero-order valence-corrected chi connectivity index (χ0v) is 16.4.